The summed E-state index contributed by atoms with van der Waals surface area (Å²) in [6.45, 7) is 12.6. The summed E-state index contributed by atoms with van der Waals surface area (Å²) in [6, 6.07) is 0. The van der Waals surface area contributed by atoms with Crippen LogP contribution in [0.25, 0.3) is 0 Å². The first-order valence-electron chi connectivity index (χ1n) is 12.6. The molecule has 0 bridgehead atoms. The van der Waals surface area contributed by atoms with Gasteiger partial charge in [-0.2, -0.15) is 0 Å². The number of halogens is 1. The SMILES string of the molecule is CC(C)CCC[C@@H](C)[C@H]1CC[C@H]2[C@@H]3CC=C4C[C@@H](O)CC[C@]4(C)[C@H]3CC[C@]12C.Cl.O. The highest BCUT2D eigenvalue weighted by Crippen LogP contribution is 2.67. The Morgan fingerprint density at radius 3 is 2.43 bits per heavy atom. The number of rotatable bonds is 5. The Morgan fingerprint density at radius 1 is 1.00 bits per heavy atom. The maximum atomic E-state index is 10.2. The Labute approximate surface area is 192 Å². The molecular formula is C27H49ClO2. The number of aliphatic hydroxyl groups is 1. The Morgan fingerprint density at radius 2 is 1.73 bits per heavy atom. The molecule has 0 aromatic carbocycles. The summed E-state index contributed by atoms with van der Waals surface area (Å²) < 4.78 is 0. The fourth-order valence-electron chi connectivity index (χ4n) is 8.67. The zero-order chi connectivity index (χ0) is 20.1. The highest BCUT2D eigenvalue weighted by Gasteiger charge is 2.59. The Hall–Kier alpha value is -0.0500. The largest absolute Gasteiger partial charge is 0.412 e. The third kappa shape index (κ3) is 4.40. The lowest BCUT2D eigenvalue weighted by molar-refractivity contribution is -0.0573. The van der Waals surface area contributed by atoms with Gasteiger partial charge in [-0.3, -0.25) is 0 Å². The summed E-state index contributed by atoms with van der Waals surface area (Å²) in [5.41, 5.74) is 2.60. The standard InChI is InChI=1S/C27H46O.ClH.H2O/c1-18(2)7-6-8-19(3)23-11-12-24-22-10-9-20-17-21(28)13-15-26(20,4)25(22)14-16-27(23,24)5;;/h9,18-19,21-25,28H,6-8,10-17H2,1-5H3;1H;1H2/t19-,21+,22+,23-,24+,25+,26+,27-;;/m1../s1. The molecule has 0 spiro atoms. The third-order valence-electron chi connectivity index (χ3n) is 10.3. The molecule has 0 radical (unpaired) electrons. The van der Waals surface area contributed by atoms with Crippen LogP contribution in [0.2, 0.25) is 0 Å². The van der Waals surface area contributed by atoms with E-state index in [-0.39, 0.29) is 24.0 Å². The molecule has 4 rings (SSSR count). The number of hydrogen-bond donors (Lipinski definition) is 1. The van der Waals surface area contributed by atoms with Crippen molar-refractivity contribution in [3.8, 4) is 0 Å². The summed E-state index contributed by atoms with van der Waals surface area (Å²) >= 11 is 0. The van der Waals surface area contributed by atoms with E-state index in [2.05, 4.69) is 40.7 Å². The van der Waals surface area contributed by atoms with Crippen molar-refractivity contribution in [1.29, 1.82) is 0 Å². The van der Waals surface area contributed by atoms with Crippen molar-refractivity contribution in [1.82, 2.24) is 0 Å². The van der Waals surface area contributed by atoms with Gasteiger partial charge in [-0.25, -0.2) is 0 Å². The van der Waals surface area contributed by atoms with Crippen LogP contribution in [0.5, 0.6) is 0 Å². The van der Waals surface area contributed by atoms with Crippen LogP contribution in [-0.4, -0.2) is 16.7 Å². The van der Waals surface area contributed by atoms with E-state index < -0.39 is 0 Å². The fraction of sp³-hybridized carbons (Fsp3) is 0.926. The predicted molar refractivity (Wildman–Crippen MR) is 130 cm³/mol. The van der Waals surface area contributed by atoms with Gasteiger partial charge in [-0.15, -0.1) is 12.4 Å². The first-order chi connectivity index (χ1) is 13.3. The molecule has 0 aromatic heterocycles. The van der Waals surface area contributed by atoms with Crippen LogP contribution < -0.4 is 0 Å². The molecule has 0 aromatic rings. The summed E-state index contributed by atoms with van der Waals surface area (Å²) in [5.74, 6) is 5.46. The van der Waals surface area contributed by atoms with Crippen molar-refractivity contribution in [2.24, 2.45) is 46.3 Å². The van der Waals surface area contributed by atoms with Crippen LogP contribution >= 0.6 is 12.4 Å². The zero-order valence-electron chi connectivity index (χ0n) is 20.3. The van der Waals surface area contributed by atoms with Crippen molar-refractivity contribution >= 4 is 12.4 Å². The second-order valence-corrected chi connectivity index (χ2v) is 12.2. The second-order valence-electron chi connectivity index (χ2n) is 12.2. The fourth-order valence-corrected chi connectivity index (χ4v) is 8.67. The lowest BCUT2D eigenvalue weighted by Gasteiger charge is -2.58. The average Bonchev–Trinajstić information content (AvgIpc) is 2.99. The van der Waals surface area contributed by atoms with E-state index in [1.165, 1.54) is 57.8 Å². The molecule has 0 unspecified atom stereocenters. The highest BCUT2D eigenvalue weighted by molar-refractivity contribution is 5.85. The van der Waals surface area contributed by atoms with Gasteiger partial charge in [0.25, 0.3) is 0 Å². The highest BCUT2D eigenvalue weighted by atomic mass is 35.5. The molecule has 3 fully saturated rings. The van der Waals surface area contributed by atoms with Gasteiger partial charge < -0.3 is 10.6 Å². The number of allylic oxidation sites excluding steroid dienone is 1. The van der Waals surface area contributed by atoms with Crippen LogP contribution in [0.3, 0.4) is 0 Å². The molecule has 3 heteroatoms. The van der Waals surface area contributed by atoms with Crippen LogP contribution in [0.1, 0.15) is 105 Å². The van der Waals surface area contributed by atoms with E-state index in [4.69, 9.17) is 0 Å². The summed E-state index contributed by atoms with van der Waals surface area (Å²) in [5, 5.41) is 10.2. The van der Waals surface area contributed by atoms with Gasteiger partial charge in [0.1, 0.15) is 0 Å². The maximum Gasteiger partial charge on any atom is 0.0577 e. The molecule has 3 saturated carbocycles. The van der Waals surface area contributed by atoms with E-state index >= 15 is 0 Å². The smallest absolute Gasteiger partial charge is 0.0577 e. The van der Waals surface area contributed by atoms with Gasteiger partial charge in [-0.05, 0) is 97.7 Å². The normalized spacial score (nSPS) is 43.4. The topological polar surface area (TPSA) is 51.7 Å². The molecule has 2 nitrogen and oxygen atoms in total. The lowest BCUT2D eigenvalue weighted by atomic mass is 9.47. The molecule has 0 saturated heterocycles. The molecule has 30 heavy (non-hydrogen) atoms. The van der Waals surface area contributed by atoms with Gasteiger partial charge in [-0.1, -0.05) is 65.5 Å². The van der Waals surface area contributed by atoms with Crippen molar-refractivity contribution in [2.45, 2.75) is 111 Å². The minimum Gasteiger partial charge on any atom is -0.412 e. The molecule has 176 valence electrons. The first kappa shape index (κ1) is 26.2. The van der Waals surface area contributed by atoms with Gasteiger partial charge in [0.15, 0.2) is 0 Å². The lowest BCUT2D eigenvalue weighted by Crippen LogP contribution is -2.50. The van der Waals surface area contributed by atoms with Crippen molar-refractivity contribution in [2.75, 3.05) is 0 Å². The zero-order valence-corrected chi connectivity index (χ0v) is 21.1. The number of hydrogen-bond acceptors (Lipinski definition) is 1. The molecule has 0 heterocycles. The molecule has 3 N–H and O–H groups in total. The number of fused-ring (bicyclic) bond motifs is 5. The molecule has 4 aliphatic carbocycles. The van der Waals surface area contributed by atoms with Crippen molar-refractivity contribution in [3.05, 3.63) is 11.6 Å². The van der Waals surface area contributed by atoms with E-state index in [9.17, 15) is 5.11 Å². The minimum atomic E-state index is -0.0766. The number of aliphatic hydroxyl groups excluding tert-OH is 1. The first-order valence-corrected chi connectivity index (χ1v) is 12.6. The monoisotopic (exact) mass is 440 g/mol. The van der Waals surface area contributed by atoms with Gasteiger partial charge >= 0.3 is 0 Å². The van der Waals surface area contributed by atoms with E-state index in [0.717, 1.165) is 48.3 Å². The van der Waals surface area contributed by atoms with Crippen LogP contribution in [0.15, 0.2) is 11.6 Å². The quantitative estimate of drug-likeness (QED) is 0.460. The Bertz CT molecular complexity index is 602. The van der Waals surface area contributed by atoms with E-state index in [0.29, 0.717) is 10.8 Å². The van der Waals surface area contributed by atoms with Crippen LogP contribution in [-0.2, 0) is 0 Å². The van der Waals surface area contributed by atoms with Gasteiger partial charge in [0.2, 0.25) is 0 Å². The molecule has 8 atom stereocenters. The van der Waals surface area contributed by atoms with E-state index in [1.54, 1.807) is 5.57 Å². The van der Waals surface area contributed by atoms with Crippen molar-refractivity contribution < 1.29 is 10.6 Å². The summed E-state index contributed by atoms with van der Waals surface area (Å²) in [6.07, 6.45) is 17.2. The van der Waals surface area contributed by atoms with Crippen LogP contribution in [0.4, 0.5) is 0 Å². The van der Waals surface area contributed by atoms with Gasteiger partial charge in [0.05, 0.1) is 6.10 Å². The maximum absolute atomic E-state index is 10.2. The summed E-state index contributed by atoms with van der Waals surface area (Å²) in [7, 11) is 0. The minimum absolute atomic E-state index is 0. The van der Waals surface area contributed by atoms with Crippen molar-refractivity contribution in [3.63, 3.8) is 0 Å². The average molecular weight is 441 g/mol. The molecule has 4 aliphatic rings. The Balaban J connectivity index is 0.00000160. The molecule has 0 amide bonds. The predicted octanol–water partition coefficient (Wildman–Crippen LogP) is 6.99. The summed E-state index contributed by atoms with van der Waals surface area (Å²) in [4.78, 5) is 0. The van der Waals surface area contributed by atoms with Gasteiger partial charge in [0, 0.05) is 0 Å². The third-order valence-corrected chi connectivity index (χ3v) is 10.3. The Kier molecular flexibility index (Phi) is 8.59. The van der Waals surface area contributed by atoms with Crippen LogP contribution in [0, 0.1) is 46.3 Å². The molecule has 0 aliphatic heterocycles. The molecular weight excluding hydrogens is 392 g/mol. The van der Waals surface area contributed by atoms with E-state index in [1.807, 2.05) is 0 Å². The second kappa shape index (κ2) is 9.84.